The van der Waals surface area contributed by atoms with Crippen molar-refractivity contribution in [2.45, 2.75) is 17.9 Å². The van der Waals surface area contributed by atoms with Crippen LogP contribution in [0.2, 0.25) is 0 Å². The summed E-state index contributed by atoms with van der Waals surface area (Å²) >= 11 is 1.57. The molecule has 0 amide bonds. The highest BCUT2D eigenvalue weighted by Crippen LogP contribution is 2.18. The smallest absolute Gasteiger partial charge is 0.318 e. The normalized spacial score (nSPS) is 11.7. The first kappa shape index (κ1) is 16.3. The van der Waals surface area contributed by atoms with Crippen LogP contribution in [0.25, 0.3) is 0 Å². The Balaban J connectivity index is 1.62. The van der Waals surface area contributed by atoms with Crippen molar-refractivity contribution in [1.82, 2.24) is 10.2 Å². The SMILES string of the molecule is CC(SCc1ccccc1)C(=O)OCCNc1cccnn1. The Morgan fingerprint density at radius 3 is 2.82 bits per heavy atom. The van der Waals surface area contributed by atoms with Gasteiger partial charge in [-0.3, -0.25) is 4.79 Å². The number of anilines is 1. The van der Waals surface area contributed by atoms with Crippen molar-refractivity contribution in [2.75, 3.05) is 18.5 Å². The second-order valence-electron chi connectivity index (χ2n) is 4.64. The molecule has 2 rings (SSSR count). The number of thioether (sulfide) groups is 1. The molecule has 1 unspecified atom stereocenters. The highest BCUT2D eigenvalue weighted by atomic mass is 32.2. The molecule has 2 aromatic rings. The second-order valence-corrected chi connectivity index (χ2v) is 5.97. The van der Waals surface area contributed by atoms with Crippen LogP contribution >= 0.6 is 11.8 Å². The van der Waals surface area contributed by atoms with Crippen molar-refractivity contribution >= 4 is 23.5 Å². The molecule has 0 saturated carbocycles. The van der Waals surface area contributed by atoms with Gasteiger partial charge in [0.2, 0.25) is 0 Å². The fourth-order valence-corrected chi connectivity index (χ4v) is 2.55. The van der Waals surface area contributed by atoms with Gasteiger partial charge in [-0.15, -0.1) is 16.9 Å². The zero-order chi connectivity index (χ0) is 15.6. The fraction of sp³-hybridized carbons (Fsp3) is 0.312. The van der Waals surface area contributed by atoms with E-state index in [-0.39, 0.29) is 11.2 Å². The lowest BCUT2D eigenvalue weighted by Gasteiger charge is -2.11. The topological polar surface area (TPSA) is 64.1 Å². The largest absolute Gasteiger partial charge is 0.463 e. The van der Waals surface area contributed by atoms with Crippen LogP contribution in [0.3, 0.4) is 0 Å². The van der Waals surface area contributed by atoms with Crippen LogP contribution in [0.1, 0.15) is 12.5 Å². The van der Waals surface area contributed by atoms with E-state index in [1.807, 2.05) is 31.2 Å². The predicted octanol–water partition coefficient (Wildman–Crippen LogP) is 2.75. The lowest BCUT2D eigenvalue weighted by atomic mass is 10.2. The van der Waals surface area contributed by atoms with E-state index in [9.17, 15) is 4.79 Å². The number of benzene rings is 1. The Kier molecular flexibility index (Phi) is 6.70. The predicted molar refractivity (Wildman–Crippen MR) is 88.7 cm³/mol. The summed E-state index contributed by atoms with van der Waals surface area (Å²) in [5, 5.41) is 10.5. The van der Waals surface area contributed by atoms with Crippen LogP contribution in [-0.4, -0.2) is 34.6 Å². The first-order valence-corrected chi connectivity index (χ1v) is 8.14. The average molecular weight is 317 g/mol. The van der Waals surface area contributed by atoms with E-state index >= 15 is 0 Å². The highest BCUT2D eigenvalue weighted by Gasteiger charge is 2.14. The van der Waals surface area contributed by atoms with Gasteiger partial charge >= 0.3 is 5.97 Å². The summed E-state index contributed by atoms with van der Waals surface area (Å²) in [5.74, 6) is 1.28. The van der Waals surface area contributed by atoms with Gasteiger partial charge in [0, 0.05) is 11.9 Å². The standard InChI is InChI=1S/C16H19N3O2S/c1-13(22-12-14-6-3-2-4-7-14)16(20)21-11-10-17-15-8-5-9-18-19-15/h2-9,13H,10-12H2,1H3,(H,17,19). The molecule has 0 fully saturated rings. The monoisotopic (exact) mass is 317 g/mol. The quantitative estimate of drug-likeness (QED) is 0.596. The number of carbonyl (C=O) groups is 1. The Morgan fingerprint density at radius 1 is 1.27 bits per heavy atom. The zero-order valence-corrected chi connectivity index (χ0v) is 13.3. The number of hydrogen-bond acceptors (Lipinski definition) is 6. The maximum atomic E-state index is 11.9. The molecule has 1 heterocycles. The molecule has 5 nitrogen and oxygen atoms in total. The van der Waals surface area contributed by atoms with Gasteiger partial charge in [0.15, 0.2) is 0 Å². The number of esters is 1. The van der Waals surface area contributed by atoms with Gasteiger partial charge in [0.25, 0.3) is 0 Å². The van der Waals surface area contributed by atoms with Gasteiger partial charge in [0.1, 0.15) is 12.4 Å². The molecule has 0 aliphatic rings. The van der Waals surface area contributed by atoms with Crippen LogP contribution in [-0.2, 0) is 15.3 Å². The maximum absolute atomic E-state index is 11.9. The van der Waals surface area contributed by atoms with Gasteiger partial charge in [-0.05, 0) is 24.6 Å². The van der Waals surface area contributed by atoms with Crippen LogP contribution in [0.15, 0.2) is 48.7 Å². The van der Waals surface area contributed by atoms with E-state index in [0.717, 1.165) is 5.75 Å². The molecule has 22 heavy (non-hydrogen) atoms. The second kappa shape index (κ2) is 9.04. The number of nitrogens with zero attached hydrogens (tertiary/aromatic N) is 2. The average Bonchev–Trinajstić information content (AvgIpc) is 2.58. The first-order chi connectivity index (χ1) is 10.8. The molecule has 0 aliphatic heterocycles. The Bertz CT molecular complexity index is 566. The van der Waals surface area contributed by atoms with E-state index in [1.165, 1.54) is 5.56 Å². The van der Waals surface area contributed by atoms with Crippen LogP contribution < -0.4 is 5.32 Å². The number of rotatable bonds is 8. The van der Waals surface area contributed by atoms with Crippen molar-refractivity contribution < 1.29 is 9.53 Å². The first-order valence-electron chi connectivity index (χ1n) is 7.09. The van der Waals surface area contributed by atoms with Gasteiger partial charge < -0.3 is 10.1 Å². The third kappa shape index (κ3) is 5.73. The molecular formula is C16H19N3O2S. The van der Waals surface area contributed by atoms with Crippen LogP contribution in [0, 0.1) is 0 Å². The number of nitrogens with one attached hydrogen (secondary N) is 1. The third-order valence-corrected chi connectivity index (χ3v) is 4.09. The summed E-state index contributed by atoms with van der Waals surface area (Å²) in [5.41, 5.74) is 1.21. The molecule has 0 saturated heterocycles. The fourth-order valence-electron chi connectivity index (χ4n) is 1.71. The molecule has 0 radical (unpaired) electrons. The van der Waals surface area contributed by atoms with E-state index in [1.54, 1.807) is 24.0 Å². The molecule has 0 aliphatic carbocycles. The molecule has 0 bridgehead atoms. The van der Waals surface area contributed by atoms with Gasteiger partial charge in [0.05, 0.1) is 11.8 Å². The van der Waals surface area contributed by atoms with E-state index in [4.69, 9.17) is 4.74 Å². The van der Waals surface area contributed by atoms with Crippen molar-refractivity contribution in [3.05, 3.63) is 54.2 Å². The lowest BCUT2D eigenvalue weighted by Crippen LogP contribution is -2.21. The maximum Gasteiger partial charge on any atom is 0.318 e. The minimum atomic E-state index is -0.193. The van der Waals surface area contributed by atoms with Crippen LogP contribution in [0.4, 0.5) is 5.82 Å². The zero-order valence-electron chi connectivity index (χ0n) is 12.4. The Hall–Kier alpha value is -2.08. The Labute approximate surface area is 134 Å². The minimum absolute atomic E-state index is 0.184. The molecule has 1 N–H and O–H groups in total. The van der Waals surface area contributed by atoms with E-state index in [2.05, 4.69) is 27.6 Å². The summed E-state index contributed by atoms with van der Waals surface area (Å²) in [6, 6.07) is 13.7. The summed E-state index contributed by atoms with van der Waals surface area (Å²) in [7, 11) is 0. The van der Waals surface area contributed by atoms with Crippen molar-refractivity contribution in [1.29, 1.82) is 0 Å². The molecule has 116 valence electrons. The molecule has 1 aromatic heterocycles. The summed E-state index contributed by atoms with van der Waals surface area (Å²) < 4.78 is 5.24. The van der Waals surface area contributed by atoms with Crippen LogP contribution in [0.5, 0.6) is 0 Å². The van der Waals surface area contributed by atoms with Gasteiger partial charge in [-0.2, -0.15) is 5.10 Å². The van der Waals surface area contributed by atoms with Gasteiger partial charge in [-0.25, -0.2) is 0 Å². The summed E-state index contributed by atoms with van der Waals surface area (Å²) in [6.07, 6.45) is 1.61. The van der Waals surface area contributed by atoms with Crippen molar-refractivity contribution in [2.24, 2.45) is 0 Å². The summed E-state index contributed by atoms with van der Waals surface area (Å²) in [4.78, 5) is 11.9. The number of ether oxygens (including phenoxy) is 1. The summed E-state index contributed by atoms with van der Waals surface area (Å²) in [6.45, 7) is 2.69. The minimum Gasteiger partial charge on any atom is -0.463 e. The lowest BCUT2D eigenvalue weighted by molar-refractivity contribution is -0.142. The van der Waals surface area contributed by atoms with Crippen molar-refractivity contribution in [3.63, 3.8) is 0 Å². The Morgan fingerprint density at radius 2 is 2.09 bits per heavy atom. The molecule has 1 aromatic carbocycles. The third-order valence-electron chi connectivity index (χ3n) is 2.90. The van der Waals surface area contributed by atoms with Crippen molar-refractivity contribution in [3.8, 4) is 0 Å². The number of carbonyl (C=O) groups excluding carboxylic acids is 1. The molecule has 6 heteroatoms. The van der Waals surface area contributed by atoms with Gasteiger partial charge in [-0.1, -0.05) is 30.3 Å². The van der Waals surface area contributed by atoms with E-state index < -0.39 is 0 Å². The number of hydrogen-bond donors (Lipinski definition) is 1. The van der Waals surface area contributed by atoms with E-state index in [0.29, 0.717) is 19.0 Å². The highest BCUT2D eigenvalue weighted by molar-refractivity contribution is 7.99. The molecule has 0 spiro atoms. The number of aromatic nitrogens is 2. The molecule has 1 atom stereocenters. The molecular weight excluding hydrogens is 298 g/mol.